The molecule has 0 heterocycles. The summed E-state index contributed by atoms with van der Waals surface area (Å²) in [6.07, 6.45) is 0.668. The first-order valence-electron chi connectivity index (χ1n) is 2.20. The molecule has 0 rings (SSSR count). The first kappa shape index (κ1) is 9.98. The molecule has 54 valence electrons. The van der Waals surface area contributed by atoms with Crippen molar-refractivity contribution in [1.82, 2.24) is 0 Å². The molecule has 0 aromatic heterocycles. The Balaban J connectivity index is 3.01. The summed E-state index contributed by atoms with van der Waals surface area (Å²) in [5.41, 5.74) is 0. The van der Waals surface area contributed by atoms with Crippen LogP contribution in [0.2, 0.25) is 0 Å². The van der Waals surface area contributed by atoms with Gasteiger partial charge in [-0.05, 0) is 6.42 Å². The topological polar surface area (TPSA) is 46.5 Å². The maximum atomic E-state index is 9.88. The summed E-state index contributed by atoms with van der Waals surface area (Å²) in [7, 11) is -2.42. The summed E-state index contributed by atoms with van der Waals surface area (Å²) < 4.78 is 14.4. The smallest absolute Gasteiger partial charge is 0.133 e. The van der Waals surface area contributed by atoms with Gasteiger partial charge in [-0.25, -0.2) is 0 Å². The first-order valence-corrected chi connectivity index (χ1v) is 5.16. The van der Waals surface area contributed by atoms with Gasteiger partial charge in [-0.3, -0.25) is 0 Å². The van der Waals surface area contributed by atoms with Crippen LogP contribution in [0.15, 0.2) is 0 Å². The summed E-state index contributed by atoms with van der Waals surface area (Å²) in [4.78, 5) is 8.12. The molecule has 1 atom stereocenters. The van der Waals surface area contributed by atoms with Crippen LogP contribution in [0, 0.1) is 0 Å². The predicted molar refractivity (Wildman–Crippen MR) is 42.0 cm³/mol. The molecule has 0 amide bonds. The Hall–Kier alpha value is 0.980. The van der Waals surface area contributed by atoms with Crippen molar-refractivity contribution in [3.8, 4) is 0 Å². The molecule has 0 aromatic rings. The third-order valence-electron chi connectivity index (χ3n) is 0.538. The summed E-state index contributed by atoms with van der Waals surface area (Å²) in [6.45, 7) is 0.285. The number of alkyl halides is 2. The van der Waals surface area contributed by atoms with E-state index < -0.39 is 8.25 Å². The predicted octanol–water partition coefficient (Wildman–Crippen LogP) is 2.16. The molecule has 0 aliphatic rings. The van der Waals surface area contributed by atoms with Crippen molar-refractivity contribution in [1.29, 1.82) is 0 Å². The van der Waals surface area contributed by atoms with Crippen molar-refractivity contribution in [3.05, 3.63) is 0 Å². The number of halogens is 2. The van der Waals surface area contributed by atoms with E-state index >= 15 is 0 Å². The minimum atomic E-state index is -2.42. The summed E-state index contributed by atoms with van der Waals surface area (Å²) in [5.74, 6) is 0. The van der Waals surface area contributed by atoms with Crippen LogP contribution < -0.4 is 0 Å². The highest BCUT2D eigenvalue weighted by atomic mass is 79.9. The van der Waals surface area contributed by atoms with Gasteiger partial charge in [0.2, 0.25) is 0 Å². The Morgan fingerprint density at radius 2 is 2.22 bits per heavy atom. The fraction of sp³-hybridized carbons (Fsp3) is 1.00. The second-order valence-corrected chi connectivity index (χ2v) is 5.42. The zero-order valence-corrected chi connectivity index (χ0v) is 8.52. The highest BCUT2D eigenvalue weighted by Gasteiger charge is 2.11. The molecular weight excluding hydrogens is 275 g/mol. The van der Waals surface area contributed by atoms with Crippen molar-refractivity contribution in [2.45, 2.75) is 10.2 Å². The zero-order chi connectivity index (χ0) is 7.28. The lowest BCUT2D eigenvalue weighted by molar-refractivity contribution is 0.282. The Bertz CT molecular complexity index is 97.1. The maximum Gasteiger partial charge on any atom is 0.694 e. The summed E-state index contributed by atoms with van der Waals surface area (Å²) >= 11 is 6.37. The standard InChI is InChI=1S/C3H5Br2O3P/c4-3(5)1-2-8-9(6)7/h3H,1-2H2/p+1. The van der Waals surface area contributed by atoms with Crippen LogP contribution in [-0.2, 0) is 9.09 Å². The fourth-order valence-corrected chi connectivity index (χ4v) is 0.855. The number of rotatable bonds is 4. The summed E-state index contributed by atoms with van der Waals surface area (Å²) in [5, 5.41) is 0. The lowest BCUT2D eigenvalue weighted by Crippen LogP contribution is -1.92. The van der Waals surface area contributed by atoms with E-state index in [-0.39, 0.29) is 10.3 Å². The van der Waals surface area contributed by atoms with Crippen molar-refractivity contribution in [2.24, 2.45) is 0 Å². The maximum absolute atomic E-state index is 9.88. The molecule has 0 aliphatic carbocycles. The molecule has 0 aromatic carbocycles. The van der Waals surface area contributed by atoms with Crippen molar-refractivity contribution < 1.29 is 14.0 Å². The van der Waals surface area contributed by atoms with Crippen LogP contribution in [0.25, 0.3) is 0 Å². The Labute approximate surface area is 71.0 Å². The first-order chi connectivity index (χ1) is 4.13. The van der Waals surface area contributed by atoms with Crippen molar-refractivity contribution in [2.75, 3.05) is 6.61 Å². The number of hydrogen-bond acceptors (Lipinski definition) is 2. The average Bonchev–Trinajstić information content (AvgIpc) is 1.63. The van der Waals surface area contributed by atoms with E-state index in [9.17, 15) is 4.57 Å². The summed E-state index contributed by atoms with van der Waals surface area (Å²) in [6, 6.07) is 0. The fourth-order valence-electron chi connectivity index (χ4n) is 0.220. The van der Waals surface area contributed by atoms with Crippen LogP contribution in [0.1, 0.15) is 6.42 Å². The lowest BCUT2D eigenvalue weighted by Gasteiger charge is -1.92. The molecule has 0 aliphatic heterocycles. The van der Waals surface area contributed by atoms with E-state index in [4.69, 9.17) is 4.89 Å². The van der Waals surface area contributed by atoms with E-state index in [1.165, 1.54) is 0 Å². The van der Waals surface area contributed by atoms with Gasteiger partial charge in [0, 0.05) is 4.57 Å². The van der Waals surface area contributed by atoms with Crippen molar-refractivity contribution in [3.63, 3.8) is 0 Å². The monoisotopic (exact) mass is 279 g/mol. The molecule has 0 spiro atoms. The number of hydrogen-bond donors (Lipinski definition) is 1. The normalized spacial score (nSPS) is 12.2. The second kappa shape index (κ2) is 5.74. The highest BCUT2D eigenvalue weighted by molar-refractivity contribution is 9.24. The van der Waals surface area contributed by atoms with Gasteiger partial charge in [0.25, 0.3) is 0 Å². The highest BCUT2D eigenvalue weighted by Crippen LogP contribution is 2.18. The van der Waals surface area contributed by atoms with Gasteiger partial charge in [-0.15, -0.1) is 9.42 Å². The van der Waals surface area contributed by atoms with Gasteiger partial charge >= 0.3 is 8.25 Å². The van der Waals surface area contributed by atoms with Gasteiger partial charge < -0.3 is 0 Å². The van der Waals surface area contributed by atoms with Crippen LogP contribution in [0.3, 0.4) is 0 Å². The molecule has 9 heavy (non-hydrogen) atoms. The molecule has 0 bridgehead atoms. The molecule has 1 unspecified atom stereocenters. The van der Waals surface area contributed by atoms with Crippen LogP contribution in [0.5, 0.6) is 0 Å². The van der Waals surface area contributed by atoms with E-state index in [0.717, 1.165) is 0 Å². The Morgan fingerprint density at radius 1 is 1.67 bits per heavy atom. The molecule has 0 saturated heterocycles. The van der Waals surface area contributed by atoms with Gasteiger partial charge in [0.05, 0.1) is 3.74 Å². The molecule has 3 nitrogen and oxygen atoms in total. The molecule has 1 N–H and O–H groups in total. The van der Waals surface area contributed by atoms with Gasteiger partial charge in [-0.1, -0.05) is 31.9 Å². The lowest BCUT2D eigenvalue weighted by atomic mass is 10.5. The molecule has 0 saturated carbocycles. The third-order valence-corrected chi connectivity index (χ3v) is 1.86. The SMILES string of the molecule is O=[P+](O)OCCC(Br)Br. The second-order valence-electron chi connectivity index (χ2n) is 1.25. The van der Waals surface area contributed by atoms with E-state index in [0.29, 0.717) is 6.42 Å². The van der Waals surface area contributed by atoms with Crippen LogP contribution in [0.4, 0.5) is 0 Å². The molecular formula is C3H6Br2O3P+. The minimum absolute atomic E-state index is 0.153. The Kier molecular flexibility index (Phi) is 6.37. The van der Waals surface area contributed by atoms with Gasteiger partial charge in [0.1, 0.15) is 6.61 Å². The van der Waals surface area contributed by atoms with Crippen LogP contribution >= 0.6 is 40.1 Å². The minimum Gasteiger partial charge on any atom is -0.133 e. The molecule has 0 radical (unpaired) electrons. The quantitative estimate of drug-likeness (QED) is 0.634. The van der Waals surface area contributed by atoms with E-state index in [1.807, 2.05) is 0 Å². The van der Waals surface area contributed by atoms with Gasteiger partial charge in [-0.2, -0.15) is 0 Å². The van der Waals surface area contributed by atoms with E-state index in [1.54, 1.807) is 0 Å². The van der Waals surface area contributed by atoms with Crippen molar-refractivity contribution >= 4 is 40.1 Å². The van der Waals surface area contributed by atoms with Gasteiger partial charge in [0.15, 0.2) is 0 Å². The Morgan fingerprint density at radius 3 is 2.56 bits per heavy atom. The molecule has 0 fully saturated rings. The average molecular weight is 281 g/mol. The third kappa shape index (κ3) is 8.98. The largest absolute Gasteiger partial charge is 0.694 e. The zero-order valence-electron chi connectivity index (χ0n) is 4.46. The molecule has 6 heteroatoms. The van der Waals surface area contributed by atoms with E-state index in [2.05, 4.69) is 36.4 Å². The van der Waals surface area contributed by atoms with Crippen LogP contribution in [-0.4, -0.2) is 15.2 Å².